The van der Waals surface area contributed by atoms with E-state index >= 15 is 0 Å². The largest absolute Gasteiger partial charge is 0.466 e. The van der Waals surface area contributed by atoms with Gasteiger partial charge < -0.3 is 9.64 Å². The number of allylic oxidation sites excluding steroid dienone is 3. The van der Waals surface area contributed by atoms with Crippen LogP contribution in [0, 0.1) is 5.92 Å². The Labute approximate surface area is 201 Å². The lowest BCUT2D eigenvalue weighted by Crippen LogP contribution is -2.36. The zero-order chi connectivity index (χ0) is 23.3. The molecule has 0 bridgehead atoms. The van der Waals surface area contributed by atoms with Crippen LogP contribution < -0.4 is 4.90 Å². The molecular formula is C26H23ClN2O3S. The van der Waals surface area contributed by atoms with Gasteiger partial charge in [0.2, 0.25) is 0 Å². The van der Waals surface area contributed by atoms with E-state index in [1.165, 1.54) is 7.11 Å². The fourth-order valence-corrected chi connectivity index (χ4v) is 5.99. The summed E-state index contributed by atoms with van der Waals surface area (Å²) >= 11 is 7.93. The number of anilines is 1. The number of Topliss-reactive ketones (excluding diaryl/α,β-unsaturated/α-hetero) is 1. The molecule has 0 spiro atoms. The standard InChI is InChI=1S/C26H23ClN2O3S/c1-14-22(15(2)30)23(20-13-33-21-7-6-17(27)12-19(20)21)24(26(31)32-3)25(16-4-5-16)29(14)18-8-10-28-11-9-18/h6-13,16,23H,4-5H2,1-3H3. The summed E-state index contributed by atoms with van der Waals surface area (Å²) in [5.74, 6) is -0.773. The lowest BCUT2D eigenvalue weighted by Gasteiger charge is -2.39. The van der Waals surface area contributed by atoms with E-state index in [2.05, 4.69) is 9.88 Å². The SMILES string of the molecule is COC(=O)C1=C(C2CC2)N(c2ccncc2)C(C)=C(C(C)=O)C1c1csc2ccc(Cl)cc12. The van der Waals surface area contributed by atoms with Crippen LogP contribution in [0.25, 0.3) is 10.1 Å². The first-order valence-corrected chi connectivity index (χ1v) is 12.1. The predicted octanol–water partition coefficient (Wildman–Crippen LogP) is 6.25. The van der Waals surface area contributed by atoms with Crippen LogP contribution in [0.2, 0.25) is 5.02 Å². The summed E-state index contributed by atoms with van der Waals surface area (Å²) in [5, 5.41) is 3.61. The average molecular weight is 479 g/mol. The number of hydrogen-bond donors (Lipinski definition) is 0. The number of esters is 1. The van der Waals surface area contributed by atoms with Crippen LogP contribution in [0.3, 0.4) is 0 Å². The number of carbonyl (C=O) groups excluding carboxylic acids is 2. The molecule has 7 heteroatoms. The van der Waals surface area contributed by atoms with Gasteiger partial charge in [-0.25, -0.2) is 4.79 Å². The van der Waals surface area contributed by atoms with Gasteiger partial charge in [-0.3, -0.25) is 9.78 Å². The number of rotatable bonds is 5. The third kappa shape index (κ3) is 3.67. The number of pyridine rings is 1. The van der Waals surface area contributed by atoms with Crippen LogP contribution >= 0.6 is 22.9 Å². The van der Waals surface area contributed by atoms with Gasteiger partial charge in [0, 0.05) is 56.6 Å². The van der Waals surface area contributed by atoms with Gasteiger partial charge >= 0.3 is 5.97 Å². The Morgan fingerprint density at radius 2 is 1.88 bits per heavy atom. The number of ether oxygens (including phenoxy) is 1. The molecule has 33 heavy (non-hydrogen) atoms. The molecule has 0 N–H and O–H groups in total. The summed E-state index contributed by atoms with van der Waals surface area (Å²) in [5.41, 5.74) is 4.66. The van der Waals surface area contributed by atoms with Gasteiger partial charge in [0.25, 0.3) is 0 Å². The lowest BCUT2D eigenvalue weighted by molar-refractivity contribution is -0.136. The molecule has 1 aliphatic heterocycles. The van der Waals surface area contributed by atoms with Gasteiger partial charge in [0.05, 0.1) is 12.7 Å². The van der Waals surface area contributed by atoms with E-state index in [4.69, 9.17) is 16.3 Å². The average Bonchev–Trinajstić information content (AvgIpc) is 3.57. The van der Waals surface area contributed by atoms with Crippen molar-refractivity contribution < 1.29 is 14.3 Å². The molecule has 0 saturated heterocycles. The van der Waals surface area contributed by atoms with Crippen molar-refractivity contribution in [2.24, 2.45) is 5.92 Å². The van der Waals surface area contributed by atoms with Crippen LogP contribution in [0.15, 0.2) is 70.6 Å². The Bertz CT molecular complexity index is 1340. The number of nitrogens with zero attached hydrogens (tertiary/aromatic N) is 2. The maximum Gasteiger partial charge on any atom is 0.336 e. The Kier molecular flexibility index (Phi) is 5.59. The molecule has 3 heterocycles. The maximum atomic E-state index is 13.4. The first-order chi connectivity index (χ1) is 15.9. The molecule has 0 amide bonds. The first-order valence-electron chi connectivity index (χ1n) is 10.8. The minimum atomic E-state index is -0.518. The quantitative estimate of drug-likeness (QED) is 0.405. The monoisotopic (exact) mass is 478 g/mol. The van der Waals surface area contributed by atoms with Gasteiger partial charge in [-0.15, -0.1) is 11.3 Å². The summed E-state index contributed by atoms with van der Waals surface area (Å²) in [7, 11) is 1.40. The van der Waals surface area contributed by atoms with Crippen LogP contribution in [-0.2, 0) is 14.3 Å². The summed E-state index contributed by atoms with van der Waals surface area (Å²) in [6.07, 6.45) is 5.42. The van der Waals surface area contributed by atoms with Crippen LogP contribution in [0.4, 0.5) is 5.69 Å². The number of benzene rings is 1. The third-order valence-corrected chi connectivity index (χ3v) is 7.58. The second-order valence-electron chi connectivity index (χ2n) is 8.43. The number of fused-ring (bicyclic) bond motifs is 1. The first kappa shape index (κ1) is 21.9. The zero-order valence-electron chi connectivity index (χ0n) is 18.6. The van der Waals surface area contributed by atoms with Crippen molar-refractivity contribution in [3.63, 3.8) is 0 Å². The van der Waals surface area contributed by atoms with E-state index in [-0.39, 0.29) is 11.7 Å². The highest BCUT2D eigenvalue weighted by atomic mass is 35.5. The molecular weight excluding hydrogens is 456 g/mol. The molecule has 2 aliphatic rings. The number of thiophene rings is 1. The fraction of sp³-hybridized carbons (Fsp3) is 0.269. The predicted molar refractivity (Wildman–Crippen MR) is 131 cm³/mol. The van der Waals surface area contributed by atoms with E-state index in [1.807, 2.05) is 42.6 Å². The van der Waals surface area contributed by atoms with Crippen molar-refractivity contribution in [2.75, 3.05) is 12.0 Å². The summed E-state index contributed by atoms with van der Waals surface area (Å²) < 4.78 is 6.38. The highest BCUT2D eigenvalue weighted by Gasteiger charge is 2.45. The number of methoxy groups -OCH3 is 1. The van der Waals surface area contributed by atoms with Crippen molar-refractivity contribution in [1.29, 1.82) is 0 Å². The van der Waals surface area contributed by atoms with Gasteiger partial charge in [0.15, 0.2) is 5.78 Å². The molecule has 1 atom stereocenters. The topological polar surface area (TPSA) is 59.5 Å². The number of halogens is 1. The molecule has 1 unspecified atom stereocenters. The molecule has 5 rings (SSSR count). The molecule has 1 fully saturated rings. The van der Waals surface area contributed by atoms with Crippen molar-refractivity contribution in [1.82, 2.24) is 4.98 Å². The highest BCUT2D eigenvalue weighted by Crippen LogP contribution is 2.53. The van der Waals surface area contributed by atoms with Gasteiger partial charge in [-0.05, 0) is 73.4 Å². The molecule has 168 valence electrons. The Morgan fingerprint density at radius 3 is 2.52 bits per heavy atom. The van der Waals surface area contributed by atoms with Gasteiger partial charge in [-0.2, -0.15) is 0 Å². The molecule has 1 aliphatic carbocycles. The van der Waals surface area contributed by atoms with Gasteiger partial charge in [0.1, 0.15) is 0 Å². The Hall–Kier alpha value is -2.96. The summed E-state index contributed by atoms with van der Waals surface area (Å²) in [6, 6.07) is 9.55. The lowest BCUT2D eigenvalue weighted by atomic mass is 9.77. The van der Waals surface area contributed by atoms with E-state index in [1.54, 1.807) is 30.7 Å². The van der Waals surface area contributed by atoms with Crippen molar-refractivity contribution in [2.45, 2.75) is 32.6 Å². The molecule has 3 aromatic rings. The van der Waals surface area contributed by atoms with E-state index < -0.39 is 11.9 Å². The van der Waals surface area contributed by atoms with E-state index in [0.29, 0.717) is 16.2 Å². The molecule has 2 aromatic heterocycles. The summed E-state index contributed by atoms with van der Waals surface area (Å²) in [6.45, 7) is 3.53. The maximum absolute atomic E-state index is 13.4. The minimum absolute atomic E-state index is 0.0748. The Morgan fingerprint density at radius 1 is 1.15 bits per heavy atom. The molecule has 5 nitrogen and oxygen atoms in total. The van der Waals surface area contributed by atoms with E-state index in [9.17, 15) is 9.59 Å². The molecule has 1 aromatic carbocycles. The normalized spacial score (nSPS) is 18.8. The third-order valence-electron chi connectivity index (χ3n) is 6.37. The number of hydrogen-bond acceptors (Lipinski definition) is 6. The van der Waals surface area contributed by atoms with Crippen molar-refractivity contribution in [3.8, 4) is 0 Å². The fourth-order valence-electron chi connectivity index (χ4n) is 4.85. The van der Waals surface area contributed by atoms with Crippen LogP contribution in [0.1, 0.15) is 38.2 Å². The van der Waals surface area contributed by atoms with Crippen LogP contribution in [0.5, 0.6) is 0 Å². The number of carbonyl (C=O) groups is 2. The number of ketones is 1. The highest BCUT2D eigenvalue weighted by molar-refractivity contribution is 7.17. The number of aromatic nitrogens is 1. The second kappa shape index (κ2) is 8.43. The zero-order valence-corrected chi connectivity index (χ0v) is 20.2. The molecule has 1 saturated carbocycles. The van der Waals surface area contributed by atoms with E-state index in [0.717, 1.165) is 45.6 Å². The van der Waals surface area contributed by atoms with Crippen molar-refractivity contribution in [3.05, 3.63) is 81.2 Å². The molecule has 0 radical (unpaired) electrons. The minimum Gasteiger partial charge on any atom is -0.466 e. The summed E-state index contributed by atoms with van der Waals surface area (Å²) in [4.78, 5) is 32.7. The smallest absolute Gasteiger partial charge is 0.336 e. The van der Waals surface area contributed by atoms with Crippen molar-refractivity contribution >= 4 is 50.5 Å². The van der Waals surface area contributed by atoms with Crippen LogP contribution in [-0.4, -0.2) is 23.8 Å². The van der Waals surface area contributed by atoms with Gasteiger partial charge in [-0.1, -0.05) is 11.6 Å². The second-order valence-corrected chi connectivity index (χ2v) is 9.77. The Balaban J connectivity index is 1.85.